The predicted molar refractivity (Wildman–Crippen MR) is 164 cm³/mol. The quantitative estimate of drug-likeness (QED) is 0.0594. The van der Waals surface area contributed by atoms with E-state index in [0.717, 1.165) is 26.4 Å². The first-order valence-electron chi connectivity index (χ1n) is 12.3. The van der Waals surface area contributed by atoms with Crippen molar-refractivity contribution in [3.63, 3.8) is 0 Å². The number of hydrazone groups is 1. The average molecular weight is 673 g/mol. The maximum absolute atomic E-state index is 12.7. The molecule has 0 aliphatic heterocycles. The van der Waals surface area contributed by atoms with Crippen molar-refractivity contribution in [2.24, 2.45) is 5.10 Å². The van der Waals surface area contributed by atoms with Gasteiger partial charge in [-0.15, -0.1) is 16.8 Å². The molecule has 0 saturated carbocycles. The highest BCUT2D eigenvalue weighted by molar-refractivity contribution is 14.1. The number of amides is 1. The third-order valence-corrected chi connectivity index (χ3v) is 7.36. The van der Waals surface area contributed by atoms with Crippen LogP contribution in [0.4, 0.5) is 5.69 Å². The number of nitrogens with zero attached hydrogens (tertiary/aromatic N) is 4. The highest BCUT2D eigenvalue weighted by Crippen LogP contribution is 2.23. The van der Waals surface area contributed by atoms with Gasteiger partial charge in [0.15, 0.2) is 16.7 Å². The summed E-state index contributed by atoms with van der Waals surface area (Å²) in [4.78, 5) is 12.7. The molecule has 1 amide bonds. The third-order valence-electron chi connectivity index (χ3n) is 5.56. The van der Waals surface area contributed by atoms with Crippen LogP contribution in [-0.2, 0) is 24.5 Å². The van der Waals surface area contributed by atoms with E-state index in [9.17, 15) is 4.79 Å². The van der Waals surface area contributed by atoms with E-state index in [4.69, 9.17) is 13.9 Å². The van der Waals surface area contributed by atoms with Crippen molar-refractivity contribution in [3.05, 3.63) is 94.0 Å². The minimum absolute atomic E-state index is 0.282. The lowest BCUT2D eigenvalue weighted by atomic mass is 10.2. The van der Waals surface area contributed by atoms with Crippen LogP contribution < -0.4 is 20.2 Å². The van der Waals surface area contributed by atoms with E-state index in [0.29, 0.717) is 36.6 Å². The molecule has 0 aliphatic rings. The molecule has 2 aromatic carbocycles. The fourth-order valence-electron chi connectivity index (χ4n) is 3.42. The number of aromatic nitrogens is 3. The second-order valence-electron chi connectivity index (χ2n) is 8.45. The molecule has 2 aromatic heterocycles. The SMILES string of the molecule is C=CCn1c(CNc2ccc(I)cc2)nnc1SC(C)C(=O)N/N=C/c1ccc(OCc2ccc(OC)cc2)o1. The molecular weight excluding hydrogens is 643 g/mol. The van der Waals surface area contributed by atoms with E-state index in [-0.39, 0.29) is 5.91 Å². The van der Waals surface area contributed by atoms with Crippen LogP contribution >= 0.6 is 34.4 Å². The second-order valence-corrected chi connectivity index (χ2v) is 11.0. The van der Waals surface area contributed by atoms with Crippen molar-refractivity contribution < 1.29 is 18.7 Å². The number of anilines is 1. The number of ether oxygens (including phenoxy) is 2. The molecule has 0 bridgehead atoms. The third kappa shape index (κ3) is 8.36. The molecule has 4 rings (SSSR count). The Labute approximate surface area is 250 Å². The van der Waals surface area contributed by atoms with Gasteiger partial charge in [-0.05, 0) is 77.5 Å². The largest absolute Gasteiger partial charge is 0.497 e. The summed E-state index contributed by atoms with van der Waals surface area (Å²) in [6.45, 7) is 6.97. The van der Waals surface area contributed by atoms with Crippen LogP contribution in [0.25, 0.3) is 0 Å². The topological polar surface area (TPSA) is 116 Å². The van der Waals surface area contributed by atoms with Crippen molar-refractivity contribution in [2.45, 2.75) is 37.0 Å². The van der Waals surface area contributed by atoms with Crippen LogP contribution in [0.5, 0.6) is 11.7 Å². The molecule has 1 unspecified atom stereocenters. The zero-order valence-electron chi connectivity index (χ0n) is 22.0. The van der Waals surface area contributed by atoms with Gasteiger partial charge in [0.05, 0.1) is 25.1 Å². The van der Waals surface area contributed by atoms with E-state index < -0.39 is 5.25 Å². The molecule has 2 heterocycles. The van der Waals surface area contributed by atoms with Crippen molar-refractivity contribution in [1.82, 2.24) is 20.2 Å². The maximum Gasteiger partial charge on any atom is 0.285 e. The molecule has 12 heteroatoms. The number of carbonyl (C=O) groups excluding carboxylic acids is 1. The number of benzene rings is 2. The van der Waals surface area contributed by atoms with Gasteiger partial charge >= 0.3 is 0 Å². The number of allylic oxidation sites excluding steroid dienone is 1. The lowest BCUT2D eigenvalue weighted by molar-refractivity contribution is -0.120. The molecule has 10 nitrogen and oxygen atoms in total. The van der Waals surface area contributed by atoms with Gasteiger partial charge in [0.25, 0.3) is 11.9 Å². The van der Waals surface area contributed by atoms with Crippen molar-refractivity contribution in [3.8, 4) is 11.7 Å². The van der Waals surface area contributed by atoms with Crippen LogP contribution in [0.3, 0.4) is 0 Å². The van der Waals surface area contributed by atoms with E-state index in [2.05, 4.69) is 55.2 Å². The number of rotatable bonds is 14. The summed E-state index contributed by atoms with van der Waals surface area (Å²) in [7, 11) is 1.62. The Morgan fingerprint density at radius 2 is 1.95 bits per heavy atom. The highest BCUT2D eigenvalue weighted by atomic mass is 127. The number of carbonyl (C=O) groups is 1. The number of nitrogens with one attached hydrogen (secondary N) is 2. The monoisotopic (exact) mass is 672 g/mol. The van der Waals surface area contributed by atoms with E-state index in [1.165, 1.54) is 18.0 Å². The average Bonchev–Trinajstić information content (AvgIpc) is 3.58. The Balaban J connectivity index is 1.27. The smallest absolute Gasteiger partial charge is 0.285 e. The van der Waals surface area contributed by atoms with Crippen molar-refractivity contribution in [1.29, 1.82) is 0 Å². The van der Waals surface area contributed by atoms with Crippen LogP contribution in [0, 0.1) is 3.57 Å². The molecule has 0 aliphatic carbocycles. The number of hydrogen-bond donors (Lipinski definition) is 2. The van der Waals surface area contributed by atoms with Gasteiger partial charge in [0.2, 0.25) is 0 Å². The van der Waals surface area contributed by atoms with Gasteiger partial charge in [-0.3, -0.25) is 4.79 Å². The predicted octanol–water partition coefficient (Wildman–Crippen LogP) is 5.49. The summed E-state index contributed by atoms with van der Waals surface area (Å²) >= 11 is 3.56. The summed E-state index contributed by atoms with van der Waals surface area (Å²) in [5, 5.41) is 16.1. The van der Waals surface area contributed by atoms with Gasteiger partial charge in [-0.2, -0.15) is 5.10 Å². The van der Waals surface area contributed by atoms with Crippen LogP contribution in [-0.4, -0.2) is 39.2 Å². The summed E-state index contributed by atoms with van der Waals surface area (Å²) in [6, 6.07) is 19.1. The minimum atomic E-state index is -0.470. The fraction of sp³-hybridized carbons (Fsp3) is 0.214. The molecule has 0 radical (unpaired) electrons. The summed E-state index contributed by atoms with van der Waals surface area (Å²) in [5.41, 5.74) is 4.51. The van der Waals surface area contributed by atoms with Crippen LogP contribution in [0.15, 0.2) is 88.0 Å². The van der Waals surface area contributed by atoms with Crippen LogP contribution in [0.2, 0.25) is 0 Å². The molecule has 0 spiro atoms. The lowest BCUT2D eigenvalue weighted by Crippen LogP contribution is -2.27. The highest BCUT2D eigenvalue weighted by Gasteiger charge is 2.19. The standard InChI is InChI=1S/C28H29IN6O4S/c1-4-15-35-25(17-30-22-9-7-21(29)8-10-22)32-34-28(35)40-19(2)27(36)33-31-16-24-13-14-26(39-24)38-18-20-5-11-23(37-3)12-6-20/h4-14,16,19,30H,1,15,17-18H2,2-3H3,(H,33,36)/b31-16+. The molecule has 2 N–H and O–H groups in total. The number of halogens is 1. The zero-order chi connectivity index (χ0) is 28.3. The van der Waals surface area contributed by atoms with Gasteiger partial charge < -0.3 is 23.8 Å². The second kappa shape index (κ2) is 14.6. The van der Waals surface area contributed by atoms with Crippen molar-refractivity contribution in [2.75, 3.05) is 12.4 Å². The Morgan fingerprint density at radius 3 is 2.67 bits per heavy atom. The summed E-state index contributed by atoms with van der Waals surface area (Å²) in [5.74, 6) is 2.04. The Bertz CT molecular complexity index is 1440. The molecule has 40 heavy (non-hydrogen) atoms. The lowest BCUT2D eigenvalue weighted by Gasteiger charge is -2.12. The van der Waals surface area contributed by atoms with E-state index >= 15 is 0 Å². The first-order chi connectivity index (χ1) is 19.4. The summed E-state index contributed by atoms with van der Waals surface area (Å²) < 4.78 is 19.5. The summed E-state index contributed by atoms with van der Waals surface area (Å²) in [6.07, 6.45) is 3.19. The van der Waals surface area contributed by atoms with E-state index in [1.807, 2.05) is 53.1 Å². The molecule has 0 fully saturated rings. The van der Waals surface area contributed by atoms with Crippen molar-refractivity contribution >= 4 is 52.2 Å². The molecule has 4 aromatic rings. The number of furan rings is 1. The van der Waals surface area contributed by atoms with Crippen LogP contribution in [0.1, 0.15) is 24.1 Å². The molecular formula is C28H29IN6O4S. The first kappa shape index (κ1) is 29.2. The van der Waals surface area contributed by atoms with Gasteiger partial charge in [-0.25, -0.2) is 5.43 Å². The Morgan fingerprint density at radius 1 is 1.18 bits per heavy atom. The van der Waals surface area contributed by atoms with Gasteiger partial charge in [-0.1, -0.05) is 30.0 Å². The van der Waals surface area contributed by atoms with Gasteiger partial charge in [0, 0.05) is 21.9 Å². The number of thioether (sulfide) groups is 1. The minimum Gasteiger partial charge on any atom is -0.497 e. The number of hydrogen-bond acceptors (Lipinski definition) is 9. The fourth-order valence-corrected chi connectivity index (χ4v) is 4.65. The maximum atomic E-state index is 12.7. The zero-order valence-corrected chi connectivity index (χ0v) is 25.0. The number of methoxy groups -OCH3 is 1. The molecule has 1 atom stereocenters. The first-order valence-corrected chi connectivity index (χ1v) is 14.3. The molecule has 208 valence electrons. The normalized spacial score (nSPS) is 11.8. The Kier molecular flexibility index (Phi) is 10.6. The molecule has 0 saturated heterocycles. The van der Waals surface area contributed by atoms with E-state index in [1.54, 1.807) is 32.2 Å². The van der Waals surface area contributed by atoms with Gasteiger partial charge in [0.1, 0.15) is 12.4 Å². The Hall–Kier alpha value is -3.78.